The second-order valence-electron chi connectivity index (χ2n) is 5.22. The molecule has 1 amide bonds. The molecule has 2 fully saturated rings. The van der Waals surface area contributed by atoms with Crippen LogP contribution in [0.1, 0.15) is 25.7 Å². The van der Waals surface area contributed by atoms with Gasteiger partial charge in [0.15, 0.2) is 0 Å². The summed E-state index contributed by atoms with van der Waals surface area (Å²) in [6.45, 7) is 0. The summed E-state index contributed by atoms with van der Waals surface area (Å²) in [4.78, 5) is 12.7. The molecule has 0 aromatic heterocycles. The first-order valence-electron chi connectivity index (χ1n) is 6.11. The minimum Gasteiger partial charge on any atom is -0.336 e. The van der Waals surface area contributed by atoms with Gasteiger partial charge in [0.1, 0.15) is 0 Å². The molecule has 0 radical (unpaired) electrons. The molecule has 2 unspecified atom stereocenters. The SMILES string of the molecule is O=C(C(C(F)(F)F)C(F)(F)F)N1C2CCC1CC(Br)C2. The third kappa shape index (κ3) is 2.92. The first-order chi connectivity index (χ1) is 9.01. The number of rotatable bonds is 1. The average Bonchev–Trinajstić information content (AvgIpc) is 2.46. The minimum atomic E-state index is -5.61. The van der Waals surface area contributed by atoms with Crippen LogP contribution in [0.3, 0.4) is 0 Å². The number of fused-ring (bicyclic) bond motifs is 2. The van der Waals surface area contributed by atoms with Gasteiger partial charge in [-0.25, -0.2) is 0 Å². The number of nitrogens with zero attached hydrogens (tertiary/aromatic N) is 1. The lowest BCUT2D eigenvalue weighted by molar-refractivity contribution is -0.278. The molecule has 2 rings (SSSR count). The third-order valence-corrected chi connectivity index (χ3v) is 4.58. The Morgan fingerprint density at radius 1 is 1.00 bits per heavy atom. The maximum atomic E-state index is 12.6. The summed E-state index contributed by atoms with van der Waals surface area (Å²) < 4.78 is 75.6. The van der Waals surface area contributed by atoms with E-state index in [2.05, 4.69) is 15.9 Å². The third-order valence-electron chi connectivity index (χ3n) is 3.83. The number of carbonyl (C=O) groups is 1. The van der Waals surface area contributed by atoms with Crippen LogP contribution >= 0.6 is 15.9 Å². The highest BCUT2D eigenvalue weighted by Gasteiger charge is 2.63. The van der Waals surface area contributed by atoms with E-state index in [4.69, 9.17) is 0 Å². The first-order valence-corrected chi connectivity index (χ1v) is 7.03. The predicted octanol–water partition coefficient (Wildman–Crippen LogP) is 3.64. The van der Waals surface area contributed by atoms with Crippen molar-refractivity contribution in [3.05, 3.63) is 0 Å². The minimum absolute atomic E-state index is 0.0410. The highest BCUT2D eigenvalue weighted by Crippen LogP contribution is 2.45. The van der Waals surface area contributed by atoms with E-state index < -0.39 is 36.3 Å². The van der Waals surface area contributed by atoms with Crippen molar-refractivity contribution in [2.45, 2.75) is 54.9 Å². The Bertz CT molecular complexity index is 367. The second kappa shape index (κ2) is 5.06. The van der Waals surface area contributed by atoms with Crippen molar-refractivity contribution in [2.75, 3.05) is 0 Å². The number of halogens is 7. The van der Waals surface area contributed by atoms with Crippen molar-refractivity contribution in [2.24, 2.45) is 5.92 Å². The maximum Gasteiger partial charge on any atom is 0.409 e. The van der Waals surface area contributed by atoms with E-state index in [1.807, 2.05) is 0 Å². The van der Waals surface area contributed by atoms with Crippen LogP contribution in [-0.4, -0.2) is 40.1 Å². The van der Waals surface area contributed by atoms with E-state index in [1.54, 1.807) is 0 Å². The number of piperidine rings is 1. The molecule has 0 saturated carbocycles. The van der Waals surface area contributed by atoms with Gasteiger partial charge in [0.25, 0.3) is 0 Å². The smallest absolute Gasteiger partial charge is 0.336 e. The first kappa shape index (κ1) is 15.9. The number of hydrogen-bond donors (Lipinski definition) is 0. The summed E-state index contributed by atoms with van der Waals surface area (Å²) in [5.74, 6) is -5.76. The fourth-order valence-corrected chi connectivity index (χ4v) is 3.95. The van der Waals surface area contributed by atoms with E-state index in [-0.39, 0.29) is 4.83 Å². The van der Waals surface area contributed by atoms with E-state index in [1.165, 1.54) is 0 Å². The van der Waals surface area contributed by atoms with E-state index >= 15 is 0 Å². The Balaban J connectivity index is 2.26. The van der Waals surface area contributed by atoms with E-state index in [0.717, 1.165) is 4.90 Å². The quantitative estimate of drug-likeness (QED) is 0.511. The van der Waals surface area contributed by atoms with Gasteiger partial charge in [-0.3, -0.25) is 4.79 Å². The molecule has 2 bridgehead atoms. The topological polar surface area (TPSA) is 20.3 Å². The lowest BCUT2D eigenvalue weighted by atomic mass is 9.98. The van der Waals surface area contributed by atoms with Gasteiger partial charge in [-0.1, -0.05) is 15.9 Å². The zero-order chi connectivity index (χ0) is 15.3. The van der Waals surface area contributed by atoms with Crippen LogP contribution in [0.15, 0.2) is 0 Å². The molecule has 0 aromatic rings. The molecule has 2 aliphatic rings. The summed E-state index contributed by atoms with van der Waals surface area (Å²) in [5.41, 5.74) is 0. The molecular weight excluding hydrogens is 356 g/mol. The Morgan fingerprint density at radius 2 is 1.40 bits per heavy atom. The molecule has 2 nitrogen and oxygen atoms in total. The monoisotopic (exact) mass is 367 g/mol. The molecule has 2 aliphatic heterocycles. The van der Waals surface area contributed by atoms with Gasteiger partial charge in [-0.2, -0.15) is 26.3 Å². The number of amides is 1. The predicted molar refractivity (Wildman–Crippen MR) is 61.2 cm³/mol. The number of alkyl halides is 7. The Hall–Kier alpha value is -0.470. The van der Waals surface area contributed by atoms with Crippen LogP contribution < -0.4 is 0 Å². The maximum absolute atomic E-state index is 12.6. The molecule has 20 heavy (non-hydrogen) atoms. The Morgan fingerprint density at radius 3 is 1.75 bits per heavy atom. The molecule has 0 aromatic carbocycles. The summed E-state index contributed by atoms with van der Waals surface area (Å²) in [5, 5.41) is 0. The van der Waals surface area contributed by atoms with Crippen LogP contribution in [0.4, 0.5) is 26.3 Å². The highest BCUT2D eigenvalue weighted by atomic mass is 79.9. The van der Waals surface area contributed by atoms with Crippen LogP contribution in [0.25, 0.3) is 0 Å². The largest absolute Gasteiger partial charge is 0.409 e. The van der Waals surface area contributed by atoms with Crippen LogP contribution in [-0.2, 0) is 4.79 Å². The summed E-state index contributed by atoms with van der Waals surface area (Å²) in [6, 6.07) is -1.06. The van der Waals surface area contributed by atoms with Crippen molar-refractivity contribution in [1.82, 2.24) is 4.90 Å². The van der Waals surface area contributed by atoms with Gasteiger partial charge in [0, 0.05) is 16.9 Å². The highest BCUT2D eigenvalue weighted by molar-refractivity contribution is 9.09. The van der Waals surface area contributed by atoms with Crippen LogP contribution in [0.2, 0.25) is 0 Å². The molecule has 116 valence electrons. The summed E-state index contributed by atoms with van der Waals surface area (Å²) in [7, 11) is 0. The van der Waals surface area contributed by atoms with Crippen molar-refractivity contribution in [3.63, 3.8) is 0 Å². The molecule has 0 N–H and O–H groups in total. The summed E-state index contributed by atoms with van der Waals surface area (Å²) in [6.07, 6.45) is -9.52. The number of carbonyl (C=O) groups excluding carboxylic acids is 1. The van der Waals surface area contributed by atoms with E-state index in [0.29, 0.717) is 25.7 Å². The molecule has 2 saturated heterocycles. The van der Waals surface area contributed by atoms with Crippen molar-refractivity contribution in [1.29, 1.82) is 0 Å². The summed E-state index contributed by atoms with van der Waals surface area (Å²) >= 11 is 3.32. The fraction of sp³-hybridized carbons (Fsp3) is 0.909. The van der Waals surface area contributed by atoms with Gasteiger partial charge in [0.05, 0.1) is 0 Å². The molecule has 0 aliphatic carbocycles. The van der Waals surface area contributed by atoms with Gasteiger partial charge < -0.3 is 4.90 Å². The van der Waals surface area contributed by atoms with Gasteiger partial charge in [-0.05, 0) is 25.7 Å². The zero-order valence-electron chi connectivity index (χ0n) is 10.1. The lowest BCUT2D eigenvalue weighted by Crippen LogP contribution is -2.55. The van der Waals surface area contributed by atoms with E-state index in [9.17, 15) is 31.1 Å². The zero-order valence-corrected chi connectivity index (χ0v) is 11.7. The molecule has 0 spiro atoms. The normalized spacial score (nSPS) is 31.0. The second-order valence-corrected chi connectivity index (χ2v) is 6.51. The molecular formula is C11H12BrF6NO. The molecule has 2 atom stereocenters. The van der Waals surface area contributed by atoms with Gasteiger partial charge in [-0.15, -0.1) is 0 Å². The van der Waals surface area contributed by atoms with Crippen molar-refractivity contribution in [3.8, 4) is 0 Å². The standard InChI is InChI=1S/C11H12BrF6NO/c12-5-3-6-1-2-7(4-5)19(6)9(20)8(10(13,14)15)11(16,17)18/h5-8H,1-4H2. The van der Waals surface area contributed by atoms with Crippen molar-refractivity contribution < 1.29 is 31.1 Å². The molecule has 2 heterocycles. The lowest BCUT2D eigenvalue weighted by Gasteiger charge is -2.39. The fourth-order valence-electron chi connectivity index (χ4n) is 3.09. The van der Waals surface area contributed by atoms with Crippen LogP contribution in [0, 0.1) is 5.92 Å². The Kier molecular flexibility index (Phi) is 4.03. The average molecular weight is 368 g/mol. The Labute approximate surface area is 119 Å². The van der Waals surface area contributed by atoms with Gasteiger partial charge >= 0.3 is 12.4 Å². The van der Waals surface area contributed by atoms with Crippen molar-refractivity contribution >= 4 is 21.8 Å². The van der Waals surface area contributed by atoms with Crippen LogP contribution in [0.5, 0.6) is 0 Å². The number of hydrogen-bond acceptors (Lipinski definition) is 1. The molecule has 9 heteroatoms. The van der Waals surface area contributed by atoms with Gasteiger partial charge in [0.2, 0.25) is 11.8 Å².